The lowest BCUT2D eigenvalue weighted by atomic mass is 9.67. The summed E-state index contributed by atoms with van der Waals surface area (Å²) in [4.78, 5) is 14.8. The van der Waals surface area contributed by atoms with Gasteiger partial charge in [-0.3, -0.25) is 4.79 Å². The lowest BCUT2D eigenvalue weighted by Crippen LogP contribution is -2.36. The molecule has 0 saturated carbocycles. The fourth-order valence-electron chi connectivity index (χ4n) is 4.95. The highest BCUT2D eigenvalue weighted by Gasteiger charge is 2.63. The first-order valence-electron chi connectivity index (χ1n) is 9.62. The molecule has 0 aromatic heterocycles. The molecule has 150 valence electrons. The molecule has 0 spiro atoms. The second-order valence-electron chi connectivity index (χ2n) is 7.50. The molecule has 2 aliphatic heterocycles. The molecule has 4 rings (SSSR count). The minimum Gasteiger partial charge on any atom is -0.493 e. The Morgan fingerprint density at radius 2 is 1.73 bits per heavy atom. The van der Waals surface area contributed by atoms with Gasteiger partial charge in [0, 0.05) is 17.7 Å². The van der Waals surface area contributed by atoms with Crippen molar-refractivity contribution < 1.29 is 14.3 Å². The first kappa shape index (κ1) is 19.5. The van der Waals surface area contributed by atoms with E-state index in [-0.39, 0.29) is 5.78 Å². The molecule has 2 aliphatic rings. The van der Waals surface area contributed by atoms with Crippen molar-refractivity contribution in [3.05, 3.63) is 65.4 Å². The predicted octanol–water partition coefficient (Wildman–Crippen LogP) is 3.82. The number of ketones is 1. The van der Waals surface area contributed by atoms with Gasteiger partial charge in [0.05, 0.1) is 38.4 Å². The molecule has 2 aromatic carbocycles. The third kappa shape index (κ3) is 2.51. The summed E-state index contributed by atoms with van der Waals surface area (Å²) in [5.41, 5.74) is 0.907. The van der Waals surface area contributed by atoms with Gasteiger partial charge in [-0.25, -0.2) is 0 Å². The van der Waals surface area contributed by atoms with Crippen molar-refractivity contribution in [1.82, 2.24) is 4.90 Å². The smallest absolute Gasteiger partial charge is 0.177 e. The standard InChI is InChI=1S/C24H21N3O3/c1-15(28)21-20(18-9-6-10-19(29-2)22(18)30-3)24(13-25,14-26)23-17-8-5-4-7-16(17)11-12-27(21)23/h4-12,20-21,23H,1-3H3. The molecule has 6 heteroatoms. The highest BCUT2D eigenvalue weighted by atomic mass is 16.5. The fourth-order valence-corrected chi connectivity index (χ4v) is 4.95. The van der Waals surface area contributed by atoms with Gasteiger partial charge in [0.15, 0.2) is 22.7 Å². The van der Waals surface area contributed by atoms with E-state index in [2.05, 4.69) is 12.1 Å². The zero-order valence-corrected chi connectivity index (χ0v) is 17.0. The number of benzene rings is 2. The number of methoxy groups -OCH3 is 2. The molecule has 0 amide bonds. The fraction of sp³-hybridized carbons (Fsp3) is 0.292. The van der Waals surface area contributed by atoms with Crippen LogP contribution in [-0.2, 0) is 4.79 Å². The molecule has 30 heavy (non-hydrogen) atoms. The van der Waals surface area contributed by atoms with Crippen LogP contribution in [0.1, 0.15) is 35.6 Å². The Morgan fingerprint density at radius 3 is 2.37 bits per heavy atom. The van der Waals surface area contributed by atoms with Crippen LogP contribution in [0.2, 0.25) is 0 Å². The molecule has 0 radical (unpaired) electrons. The Balaban J connectivity index is 2.04. The molecular weight excluding hydrogens is 378 g/mol. The summed E-state index contributed by atoms with van der Waals surface area (Å²) in [7, 11) is 3.05. The average Bonchev–Trinajstić information content (AvgIpc) is 3.09. The van der Waals surface area contributed by atoms with E-state index >= 15 is 0 Å². The van der Waals surface area contributed by atoms with Crippen LogP contribution >= 0.6 is 0 Å². The second-order valence-corrected chi connectivity index (χ2v) is 7.50. The number of hydrogen-bond donors (Lipinski definition) is 0. The maximum Gasteiger partial charge on any atom is 0.177 e. The lowest BCUT2D eigenvalue weighted by molar-refractivity contribution is -0.121. The second kappa shape index (κ2) is 7.24. The Hall–Kier alpha value is -3.77. The molecule has 3 atom stereocenters. The van der Waals surface area contributed by atoms with Crippen molar-refractivity contribution in [2.75, 3.05) is 14.2 Å². The molecule has 6 nitrogen and oxygen atoms in total. The van der Waals surface area contributed by atoms with Crippen LogP contribution in [0, 0.1) is 28.1 Å². The number of carbonyl (C=O) groups excluding carboxylic acids is 1. The zero-order chi connectivity index (χ0) is 21.5. The summed E-state index contributed by atoms with van der Waals surface area (Å²) in [5.74, 6) is 0.0771. The summed E-state index contributed by atoms with van der Waals surface area (Å²) in [6.45, 7) is 1.50. The topological polar surface area (TPSA) is 86.4 Å². The van der Waals surface area contributed by atoms with E-state index in [0.29, 0.717) is 17.1 Å². The molecule has 0 bridgehead atoms. The van der Waals surface area contributed by atoms with Crippen LogP contribution in [0.3, 0.4) is 0 Å². The van der Waals surface area contributed by atoms with Crippen molar-refractivity contribution in [2.45, 2.75) is 24.9 Å². The number of hydrogen-bond acceptors (Lipinski definition) is 6. The van der Waals surface area contributed by atoms with Gasteiger partial charge in [-0.2, -0.15) is 10.5 Å². The third-order valence-corrected chi connectivity index (χ3v) is 6.13. The van der Waals surface area contributed by atoms with Gasteiger partial charge in [0.25, 0.3) is 0 Å². The number of ether oxygens (including phenoxy) is 2. The van der Waals surface area contributed by atoms with E-state index in [1.165, 1.54) is 21.1 Å². The van der Waals surface area contributed by atoms with Crippen molar-refractivity contribution in [2.24, 2.45) is 5.41 Å². The van der Waals surface area contributed by atoms with Crippen molar-refractivity contribution >= 4 is 11.9 Å². The molecule has 1 fully saturated rings. The average molecular weight is 399 g/mol. The first-order valence-corrected chi connectivity index (χ1v) is 9.62. The Morgan fingerprint density at radius 1 is 1.03 bits per heavy atom. The summed E-state index contributed by atoms with van der Waals surface area (Å²) in [6.07, 6.45) is 3.75. The number of nitriles is 2. The van der Waals surface area contributed by atoms with E-state index in [0.717, 1.165) is 11.1 Å². The Labute approximate surface area is 175 Å². The SMILES string of the molecule is COc1cccc(C2C(C(C)=O)N3C=Cc4ccccc4C3C2(C#N)C#N)c1OC. The molecule has 0 N–H and O–H groups in total. The van der Waals surface area contributed by atoms with Gasteiger partial charge in [-0.1, -0.05) is 36.4 Å². The maximum atomic E-state index is 12.9. The third-order valence-electron chi connectivity index (χ3n) is 6.13. The summed E-state index contributed by atoms with van der Waals surface area (Å²) < 4.78 is 11.1. The van der Waals surface area contributed by atoms with Gasteiger partial charge in [0.1, 0.15) is 0 Å². The minimum atomic E-state index is -1.50. The van der Waals surface area contributed by atoms with Crippen LogP contribution in [0.25, 0.3) is 6.08 Å². The van der Waals surface area contributed by atoms with Gasteiger partial charge in [-0.05, 0) is 30.2 Å². The number of para-hydroxylation sites is 1. The molecule has 1 saturated heterocycles. The van der Waals surface area contributed by atoms with Crippen molar-refractivity contribution in [3.63, 3.8) is 0 Å². The van der Waals surface area contributed by atoms with Crippen LogP contribution in [0.15, 0.2) is 48.7 Å². The van der Waals surface area contributed by atoms with E-state index in [1.807, 2.05) is 41.4 Å². The van der Waals surface area contributed by atoms with Crippen molar-refractivity contribution in [3.8, 4) is 23.6 Å². The van der Waals surface area contributed by atoms with E-state index in [9.17, 15) is 15.3 Å². The maximum absolute atomic E-state index is 12.9. The minimum absolute atomic E-state index is 0.119. The molecule has 2 heterocycles. The predicted molar refractivity (Wildman–Crippen MR) is 110 cm³/mol. The number of rotatable bonds is 4. The van der Waals surface area contributed by atoms with Crippen LogP contribution in [0.5, 0.6) is 11.5 Å². The molecular formula is C24H21N3O3. The van der Waals surface area contributed by atoms with E-state index in [1.54, 1.807) is 18.2 Å². The van der Waals surface area contributed by atoms with Crippen molar-refractivity contribution in [1.29, 1.82) is 10.5 Å². The van der Waals surface area contributed by atoms with Gasteiger partial charge in [0.2, 0.25) is 0 Å². The normalized spacial score (nSPS) is 23.0. The van der Waals surface area contributed by atoms with Crippen LogP contribution in [0.4, 0.5) is 0 Å². The summed E-state index contributed by atoms with van der Waals surface area (Å²) in [5, 5.41) is 20.8. The molecule has 0 aliphatic carbocycles. The monoisotopic (exact) mass is 399 g/mol. The largest absolute Gasteiger partial charge is 0.493 e. The number of carbonyl (C=O) groups is 1. The van der Waals surface area contributed by atoms with Gasteiger partial charge in [-0.15, -0.1) is 0 Å². The first-order chi connectivity index (χ1) is 14.5. The number of Topliss-reactive ketones (excluding diaryl/α,β-unsaturated/α-hetero) is 1. The van der Waals surface area contributed by atoms with Gasteiger partial charge < -0.3 is 14.4 Å². The lowest BCUT2D eigenvalue weighted by Gasteiger charge is -2.34. The summed E-state index contributed by atoms with van der Waals surface area (Å²) >= 11 is 0. The number of fused-ring (bicyclic) bond motifs is 3. The quantitative estimate of drug-likeness (QED) is 0.777. The zero-order valence-electron chi connectivity index (χ0n) is 17.0. The van der Waals surface area contributed by atoms with E-state index in [4.69, 9.17) is 9.47 Å². The summed E-state index contributed by atoms with van der Waals surface area (Å²) in [6, 6.07) is 16.3. The Bertz CT molecular complexity index is 1110. The highest BCUT2D eigenvalue weighted by molar-refractivity contribution is 5.85. The van der Waals surface area contributed by atoms with E-state index < -0.39 is 23.4 Å². The Kier molecular flexibility index (Phi) is 4.72. The molecule has 3 unspecified atom stereocenters. The number of nitrogens with zero attached hydrogens (tertiary/aromatic N) is 3. The van der Waals surface area contributed by atoms with Crippen LogP contribution < -0.4 is 9.47 Å². The van der Waals surface area contributed by atoms with Crippen LogP contribution in [-0.4, -0.2) is 30.9 Å². The molecule has 2 aromatic rings. The highest BCUT2D eigenvalue weighted by Crippen LogP contribution is 2.61. The van der Waals surface area contributed by atoms with Gasteiger partial charge >= 0.3 is 0 Å².